The summed E-state index contributed by atoms with van der Waals surface area (Å²) in [6.45, 7) is 0. The topological polar surface area (TPSA) is 90.2 Å². The molecule has 118 valence electrons. The first kappa shape index (κ1) is 16.0. The van der Waals surface area contributed by atoms with E-state index in [2.05, 4.69) is 0 Å². The van der Waals surface area contributed by atoms with Crippen LogP contribution in [0.2, 0.25) is 0 Å². The molecule has 4 N–H and O–H groups in total. The van der Waals surface area contributed by atoms with Crippen molar-refractivity contribution in [1.29, 1.82) is 0 Å². The van der Waals surface area contributed by atoms with Crippen LogP contribution in [0.4, 0.5) is 0 Å². The number of aromatic hydroxyl groups is 4. The van der Waals surface area contributed by atoms with Gasteiger partial charge in [-0.3, -0.25) is 0 Å². The number of hydrogen-bond acceptors (Lipinski definition) is 5. The van der Waals surface area contributed by atoms with Gasteiger partial charge in [-0.2, -0.15) is 0 Å². The van der Waals surface area contributed by atoms with Crippen LogP contribution in [0.3, 0.4) is 0 Å². The monoisotopic (exact) mass is 312 g/mol. The van der Waals surface area contributed by atoms with Crippen molar-refractivity contribution >= 4 is 0 Å². The highest BCUT2D eigenvalue weighted by Gasteiger charge is 2.05. The van der Waals surface area contributed by atoms with E-state index < -0.39 is 0 Å². The SMILES string of the molecule is Oc1cccc(O)c1.Oc1ccccc1Oc1ccccc1O. The van der Waals surface area contributed by atoms with E-state index >= 15 is 0 Å². The lowest BCUT2D eigenvalue weighted by Crippen LogP contribution is -1.84. The molecule has 0 aliphatic carbocycles. The summed E-state index contributed by atoms with van der Waals surface area (Å²) < 4.78 is 5.34. The second-order valence-corrected chi connectivity index (χ2v) is 4.56. The Labute approximate surface area is 133 Å². The summed E-state index contributed by atoms with van der Waals surface area (Å²) >= 11 is 0. The second-order valence-electron chi connectivity index (χ2n) is 4.56. The first-order chi connectivity index (χ1) is 11.1. The van der Waals surface area contributed by atoms with Gasteiger partial charge in [0.25, 0.3) is 0 Å². The fourth-order valence-electron chi connectivity index (χ4n) is 1.70. The molecule has 0 radical (unpaired) electrons. The molecule has 0 bridgehead atoms. The van der Waals surface area contributed by atoms with Crippen LogP contribution in [-0.2, 0) is 0 Å². The molecule has 5 nitrogen and oxygen atoms in total. The van der Waals surface area contributed by atoms with Crippen LogP contribution < -0.4 is 4.74 Å². The fraction of sp³-hybridized carbons (Fsp3) is 0. The Bertz CT molecular complexity index is 710. The molecule has 0 fully saturated rings. The first-order valence-corrected chi connectivity index (χ1v) is 6.78. The van der Waals surface area contributed by atoms with E-state index in [9.17, 15) is 10.2 Å². The summed E-state index contributed by atoms with van der Waals surface area (Å²) in [4.78, 5) is 0. The zero-order valence-corrected chi connectivity index (χ0v) is 12.1. The zero-order chi connectivity index (χ0) is 16.7. The van der Waals surface area contributed by atoms with Crippen molar-refractivity contribution in [3.05, 3.63) is 72.8 Å². The highest BCUT2D eigenvalue weighted by atomic mass is 16.5. The number of phenolic OH excluding ortho intramolecular Hbond substituents is 4. The highest BCUT2D eigenvalue weighted by Crippen LogP contribution is 2.34. The van der Waals surface area contributed by atoms with Gasteiger partial charge in [-0.15, -0.1) is 0 Å². The molecule has 3 aromatic rings. The van der Waals surface area contributed by atoms with E-state index in [1.165, 1.54) is 30.3 Å². The van der Waals surface area contributed by atoms with Crippen LogP contribution in [0.25, 0.3) is 0 Å². The van der Waals surface area contributed by atoms with Crippen molar-refractivity contribution in [2.24, 2.45) is 0 Å². The van der Waals surface area contributed by atoms with Gasteiger partial charge in [0.2, 0.25) is 0 Å². The summed E-state index contributed by atoms with van der Waals surface area (Å²) in [6.07, 6.45) is 0. The normalized spacial score (nSPS) is 9.57. The Balaban J connectivity index is 0.000000203. The smallest absolute Gasteiger partial charge is 0.169 e. The maximum atomic E-state index is 9.46. The number of rotatable bonds is 2. The third kappa shape index (κ3) is 4.86. The summed E-state index contributed by atoms with van der Waals surface area (Å²) in [7, 11) is 0. The van der Waals surface area contributed by atoms with Gasteiger partial charge >= 0.3 is 0 Å². The van der Waals surface area contributed by atoms with Crippen molar-refractivity contribution in [2.45, 2.75) is 0 Å². The van der Waals surface area contributed by atoms with Gasteiger partial charge in [-0.05, 0) is 36.4 Å². The maximum absolute atomic E-state index is 9.46. The minimum atomic E-state index is 0.0424. The lowest BCUT2D eigenvalue weighted by molar-refractivity contribution is 0.385. The van der Waals surface area contributed by atoms with Crippen molar-refractivity contribution in [2.75, 3.05) is 0 Å². The molecule has 0 saturated carbocycles. The number of hydrogen-bond donors (Lipinski definition) is 4. The number of ether oxygens (including phenoxy) is 1. The molecular formula is C18H16O5. The van der Waals surface area contributed by atoms with Crippen LogP contribution in [0, 0.1) is 0 Å². The van der Waals surface area contributed by atoms with E-state index in [4.69, 9.17) is 14.9 Å². The number of phenols is 4. The molecule has 5 heteroatoms. The Morgan fingerprint density at radius 1 is 0.522 bits per heavy atom. The Morgan fingerprint density at radius 2 is 0.957 bits per heavy atom. The molecule has 0 heterocycles. The Hall–Kier alpha value is -3.34. The third-order valence-corrected chi connectivity index (χ3v) is 2.78. The molecule has 0 aliphatic rings. The maximum Gasteiger partial charge on any atom is 0.169 e. The van der Waals surface area contributed by atoms with E-state index in [1.54, 1.807) is 42.5 Å². The molecule has 0 atom stereocenters. The minimum Gasteiger partial charge on any atom is -0.508 e. The first-order valence-electron chi connectivity index (χ1n) is 6.78. The van der Waals surface area contributed by atoms with E-state index in [0.717, 1.165) is 0 Å². The molecule has 3 rings (SSSR count). The highest BCUT2D eigenvalue weighted by molar-refractivity contribution is 5.45. The lowest BCUT2D eigenvalue weighted by atomic mass is 10.3. The van der Waals surface area contributed by atoms with Crippen LogP contribution in [0.15, 0.2) is 72.8 Å². The molecule has 0 saturated heterocycles. The minimum absolute atomic E-state index is 0.0424. The zero-order valence-electron chi connectivity index (χ0n) is 12.1. The summed E-state index contributed by atoms with van der Waals surface area (Å²) in [6, 6.07) is 19.0. The average Bonchev–Trinajstić information content (AvgIpc) is 2.52. The van der Waals surface area contributed by atoms with Gasteiger partial charge in [0.1, 0.15) is 11.5 Å². The molecule has 0 unspecified atom stereocenters. The number of para-hydroxylation sites is 4. The van der Waals surface area contributed by atoms with E-state index in [-0.39, 0.29) is 23.0 Å². The van der Waals surface area contributed by atoms with Gasteiger partial charge < -0.3 is 25.2 Å². The fourth-order valence-corrected chi connectivity index (χ4v) is 1.70. The largest absolute Gasteiger partial charge is 0.508 e. The quantitative estimate of drug-likeness (QED) is 0.574. The summed E-state index contributed by atoms with van der Waals surface area (Å²) in [5.41, 5.74) is 0. The van der Waals surface area contributed by atoms with Gasteiger partial charge in [-0.25, -0.2) is 0 Å². The summed E-state index contributed by atoms with van der Waals surface area (Å²) in [5.74, 6) is 0.898. The van der Waals surface area contributed by atoms with E-state index in [1.807, 2.05) is 0 Å². The van der Waals surface area contributed by atoms with Crippen molar-refractivity contribution in [3.63, 3.8) is 0 Å². The molecule has 3 aromatic carbocycles. The standard InChI is InChI=1S/C12H10O3.C6H6O2/c13-9-5-1-3-7-11(9)15-12-8-4-2-6-10(12)14;7-5-2-1-3-6(8)4-5/h1-8,13-14H;1-4,7-8H. The van der Waals surface area contributed by atoms with Gasteiger partial charge in [0.15, 0.2) is 23.0 Å². The second kappa shape index (κ2) is 7.61. The van der Waals surface area contributed by atoms with Crippen LogP contribution in [0.1, 0.15) is 0 Å². The molecule has 0 aliphatic heterocycles. The van der Waals surface area contributed by atoms with Crippen LogP contribution >= 0.6 is 0 Å². The molecule has 0 amide bonds. The van der Waals surface area contributed by atoms with Gasteiger partial charge in [-0.1, -0.05) is 30.3 Å². The Kier molecular flexibility index (Phi) is 5.30. The Morgan fingerprint density at radius 3 is 1.30 bits per heavy atom. The van der Waals surface area contributed by atoms with Crippen molar-refractivity contribution < 1.29 is 25.2 Å². The third-order valence-electron chi connectivity index (χ3n) is 2.78. The van der Waals surface area contributed by atoms with Crippen molar-refractivity contribution in [1.82, 2.24) is 0 Å². The van der Waals surface area contributed by atoms with Crippen molar-refractivity contribution in [3.8, 4) is 34.5 Å². The molecule has 0 spiro atoms. The van der Waals surface area contributed by atoms with Gasteiger partial charge in [0, 0.05) is 6.07 Å². The summed E-state index contributed by atoms with van der Waals surface area (Å²) in [5, 5.41) is 36.2. The number of benzene rings is 3. The van der Waals surface area contributed by atoms with E-state index in [0.29, 0.717) is 11.5 Å². The molecular weight excluding hydrogens is 296 g/mol. The predicted octanol–water partition coefficient (Wildman–Crippen LogP) is 3.99. The predicted molar refractivity (Wildman–Crippen MR) is 86.1 cm³/mol. The molecule has 23 heavy (non-hydrogen) atoms. The van der Waals surface area contributed by atoms with Crippen LogP contribution in [-0.4, -0.2) is 20.4 Å². The lowest BCUT2D eigenvalue weighted by Gasteiger charge is -2.08. The van der Waals surface area contributed by atoms with Gasteiger partial charge in [0.05, 0.1) is 0 Å². The average molecular weight is 312 g/mol. The molecule has 0 aromatic heterocycles. The van der Waals surface area contributed by atoms with Crippen LogP contribution in [0.5, 0.6) is 34.5 Å².